The number of alkyl halides is 1. The minimum atomic E-state index is -0.0974. The maximum Gasteiger partial charge on any atom is 0.0930 e. The summed E-state index contributed by atoms with van der Waals surface area (Å²) in [6.07, 6.45) is 10.4. The van der Waals surface area contributed by atoms with Gasteiger partial charge in [-0.15, -0.1) is 11.6 Å². The fraction of sp³-hybridized carbons (Fsp3) is 0.593. The van der Waals surface area contributed by atoms with E-state index in [0.29, 0.717) is 11.3 Å². The van der Waals surface area contributed by atoms with Crippen LogP contribution in [0.2, 0.25) is 0 Å². The van der Waals surface area contributed by atoms with Crippen LogP contribution in [0.3, 0.4) is 0 Å². The lowest BCUT2D eigenvalue weighted by Crippen LogP contribution is -2.46. The van der Waals surface area contributed by atoms with Gasteiger partial charge in [-0.1, -0.05) is 17.7 Å². The largest absolute Gasteiger partial charge is 0.380 e. The second-order valence-electron chi connectivity index (χ2n) is 10.4. The van der Waals surface area contributed by atoms with Crippen LogP contribution in [0.5, 0.6) is 0 Å². The standard InChI is InChI=1S/C27H35Cl2N3O/c1-4-19(11-17(2)28)23-13-25-24(12-22(23)18(3)29)26(31-30-25)20-5-7-21(8-6-20)32-10-9-27(14-32)15-33-16-27/h4,11-13,18,20-21H,5-10,14-16H2,1-3H3,(H,30,31)/b17-11+,19-4+. The minimum Gasteiger partial charge on any atom is -0.380 e. The van der Waals surface area contributed by atoms with E-state index < -0.39 is 0 Å². The molecule has 1 N–H and O–H groups in total. The Balaban J connectivity index is 1.36. The average molecular weight is 489 g/mol. The number of fused-ring (bicyclic) bond motifs is 1. The lowest BCUT2D eigenvalue weighted by molar-refractivity contribution is -0.106. The number of H-pyrrole nitrogens is 1. The van der Waals surface area contributed by atoms with Crippen LogP contribution in [0, 0.1) is 5.41 Å². The first-order valence-electron chi connectivity index (χ1n) is 12.4. The number of likely N-dealkylation sites (tertiary alicyclic amines) is 1. The van der Waals surface area contributed by atoms with Crippen molar-refractivity contribution < 1.29 is 4.74 Å². The molecule has 2 saturated heterocycles. The van der Waals surface area contributed by atoms with Gasteiger partial charge in [0.05, 0.1) is 24.1 Å². The third kappa shape index (κ3) is 4.52. The summed E-state index contributed by atoms with van der Waals surface area (Å²) in [5.41, 5.74) is 6.09. The summed E-state index contributed by atoms with van der Waals surface area (Å²) in [6, 6.07) is 5.16. The Morgan fingerprint density at radius 1 is 1.27 bits per heavy atom. The van der Waals surface area contributed by atoms with E-state index in [4.69, 9.17) is 33.0 Å². The van der Waals surface area contributed by atoms with Gasteiger partial charge in [0.15, 0.2) is 0 Å². The molecule has 1 saturated carbocycles. The van der Waals surface area contributed by atoms with Crippen molar-refractivity contribution in [3.8, 4) is 0 Å². The molecule has 178 valence electrons. The maximum absolute atomic E-state index is 6.66. The SMILES string of the molecule is C/C=C(\C=C(/C)Cl)c1cc2n[nH]c(C3CCC(N4CCC5(COC5)C4)CC3)c2cc1C(C)Cl. The Labute approximate surface area is 207 Å². The number of aromatic nitrogens is 2. The molecule has 3 heterocycles. The number of halogens is 2. The van der Waals surface area contributed by atoms with E-state index in [-0.39, 0.29) is 5.38 Å². The molecular weight excluding hydrogens is 453 g/mol. The molecule has 1 aromatic carbocycles. The molecule has 3 fully saturated rings. The molecule has 1 atom stereocenters. The summed E-state index contributed by atoms with van der Waals surface area (Å²) in [4.78, 5) is 2.74. The third-order valence-corrected chi connectivity index (χ3v) is 8.41. The number of ether oxygens (including phenoxy) is 1. The van der Waals surface area contributed by atoms with E-state index in [1.807, 2.05) is 26.8 Å². The first-order chi connectivity index (χ1) is 15.9. The number of benzene rings is 1. The van der Waals surface area contributed by atoms with Crippen molar-refractivity contribution in [2.45, 2.75) is 70.2 Å². The van der Waals surface area contributed by atoms with Gasteiger partial charge in [-0.25, -0.2) is 0 Å². The monoisotopic (exact) mass is 487 g/mol. The van der Waals surface area contributed by atoms with Crippen molar-refractivity contribution >= 4 is 39.7 Å². The summed E-state index contributed by atoms with van der Waals surface area (Å²) >= 11 is 12.9. The molecule has 0 bridgehead atoms. The lowest BCUT2D eigenvalue weighted by Gasteiger charge is -2.40. The predicted molar refractivity (Wildman–Crippen MR) is 138 cm³/mol. The van der Waals surface area contributed by atoms with Crippen LogP contribution < -0.4 is 0 Å². The molecule has 0 radical (unpaired) electrons. The summed E-state index contributed by atoms with van der Waals surface area (Å²) < 4.78 is 5.52. The summed E-state index contributed by atoms with van der Waals surface area (Å²) in [7, 11) is 0. The zero-order valence-electron chi connectivity index (χ0n) is 20.0. The Morgan fingerprint density at radius 2 is 2.03 bits per heavy atom. The number of allylic oxidation sites excluding steroid dienone is 4. The summed E-state index contributed by atoms with van der Waals surface area (Å²) in [5, 5.41) is 10.00. The van der Waals surface area contributed by atoms with E-state index in [0.717, 1.165) is 46.5 Å². The summed E-state index contributed by atoms with van der Waals surface area (Å²) in [6.45, 7) is 10.4. The van der Waals surface area contributed by atoms with Crippen LogP contribution in [0.4, 0.5) is 0 Å². The second kappa shape index (κ2) is 9.37. The second-order valence-corrected chi connectivity index (χ2v) is 11.7. The first kappa shape index (κ1) is 23.4. The zero-order valence-corrected chi connectivity index (χ0v) is 21.5. The van der Waals surface area contributed by atoms with Gasteiger partial charge in [0.2, 0.25) is 0 Å². The third-order valence-electron chi connectivity index (χ3n) is 8.07. The molecule has 2 aromatic rings. The Kier molecular flexibility index (Phi) is 6.65. The van der Waals surface area contributed by atoms with Gasteiger partial charge in [-0.3, -0.25) is 10.00 Å². The fourth-order valence-corrected chi connectivity index (χ4v) is 6.45. The number of hydrogen-bond acceptors (Lipinski definition) is 3. The number of aromatic amines is 1. The van der Waals surface area contributed by atoms with Crippen LogP contribution in [0.15, 0.2) is 29.3 Å². The number of nitrogens with zero attached hydrogens (tertiary/aromatic N) is 2. The van der Waals surface area contributed by atoms with Crippen molar-refractivity contribution in [1.29, 1.82) is 0 Å². The van der Waals surface area contributed by atoms with Crippen molar-refractivity contribution in [2.24, 2.45) is 5.41 Å². The van der Waals surface area contributed by atoms with Crippen LogP contribution in [0.1, 0.15) is 81.0 Å². The van der Waals surface area contributed by atoms with Crippen LogP contribution in [0.25, 0.3) is 16.5 Å². The zero-order chi connectivity index (χ0) is 23.2. The van der Waals surface area contributed by atoms with E-state index in [9.17, 15) is 0 Å². The quantitative estimate of drug-likeness (QED) is 0.359. The molecule has 4 nitrogen and oxygen atoms in total. The van der Waals surface area contributed by atoms with E-state index in [1.165, 1.54) is 56.3 Å². The minimum absolute atomic E-state index is 0.0974. The topological polar surface area (TPSA) is 41.2 Å². The highest BCUT2D eigenvalue weighted by Gasteiger charge is 2.46. The van der Waals surface area contributed by atoms with Crippen LogP contribution >= 0.6 is 23.2 Å². The van der Waals surface area contributed by atoms with Crippen molar-refractivity contribution in [1.82, 2.24) is 15.1 Å². The number of nitrogens with one attached hydrogen (secondary N) is 1. The van der Waals surface area contributed by atoms with E-state index in [2.05, 4.69) is 28.2 Å². The Bertz CT molecular complexity index is 1070. The normalized spacial score (nSPS) is 27.3. The molecule has 33 heavy (non-hydrogen) atoms. The van der Waals surface area contributed by atoms with Gasteiger partial charge in [0, 0.05) is 40.0 Å². The molecule has 1 aliphatic carbocycles. The first-order valence-corrected chi connectivity index (χ1v) is 13.2. The van der Waals surface area contributed by atoms with Crippen LogP contribution in [-0.2, 0) is 4.74 Å². The van der Waals surface area contributed by atoms with Crippen LogP contribution in [-0.4, -0.2) is 47.4 Å². The number of rotatable bonds is 5. The van der Waals surface area contributed by atoms with Crippen molar-refractivity contribution in [3.63, 3.8) is 0 Å². The Morgan fingerprint density at radius 3 is 2.61 bits per heavy atom. The number of hydrogen-bond donors (Lipinski definition) is 1. The van der Waals surface area contributed by atoms with E-state index in [1.54, 1.807) is 0 Å². The van der Waals surface area contributed by atoms with Gasteiger partial charge >= 0.3 is 0 Å². The van der Waals surface area contributed by atoms with Gasteiger partial charge < -0.3 is 4.74 Å². The van der Waals surface area contributed by atoms with Gasteiger partial charge in [-0.05, 0) is 94.3 Å². The molecule has 1 spiro atoms. The molecule has 5 rings (SSSR count). The smallest absolute Gasteiger partial charge is 0.0930 e. The molecule has 2 aliphatic heterocycles. The summed E-state index contributed by atoms with van der Waals surface area (Å²) in [5.74, 6) is 0.533. The average Bonchev–Trinajstić information content (AvgIpc) is 3.41. The van der Waals surface area contributed by atoms with Gasteiger partial charge in [0.25, 0.3) is 0 Å². The molecule has 1 unspecified atom stereocenters. The highest BCUT2D eigenvalue weighted by atomic mass is 35.5. The Hall–Kier alpha value is -1.33. The van der Waals surface area contributed by atoms with E-state index >= 15 is 0 Å². The van der Waals surface area contributed by atoms with Gasteiger partial charge in [-0.2, -0.15) is 5.10 Å². The molecule has 1 aromatic heterocycles. The van der Waals surface area contributed by atoms with Crippen molar-refractivity contribution in [3.05, 3.63) is 46.1 Å². The molecule has 0 amide bonds. The molecule has 3 aliphatic rings. The molecular formula is C27H35Cl2N3O. The highest BCUT2D eigenvalue weighted by molar-refractivity contribution is 6.30. The van der Waals surface area contributed by atoms with Crippen molar-refractivity contribution in [2.75, 3.05) is 26.3 Å². The lowest BCUT2D eigenvalue weighted by atomic mass is 9.81. The maximum atomic E-state index is 6.66. The highest BCUT2D eigenvalue weighted by Crippen LogP contribution is 2.43. The fourth-order valence-electron chi connectivity index (χ4n) is 6.15. The van der Waals surface area contributed by atoms with Gasteiger partial charge in [0.1, 0.15) is 0 Å². The predicted octanol–water partition coefficient (Wildman–Crippen LogP) is 7.16. The molecule has 6 heteroatoms.